The number of halogens is 2. The van der Waals surface area contributed by atoms with Crippen LogP contribution in [-0.4, -0.2) is 16.7 Å². The van der Waals surface area contributed by atoms with Gasteiger partial charge in [0.1, 0.15) is 11.6 Å². The van der Waals surface area contributed by atoms with Crippen LogP contribution in [0.5, 0.6) is 0 Å². The number of aliphatic hydroxyl groups excluding tert-OH is 1. The molecule has 1 rings (SSSR count). The number of hydrogen-bond donors (Lipinski definition) is 1. The first-order valence-corrected chi connectivity index (χ1v) is 4.48. The quantitative estimate of drug-likeness (QED) is 0.812. The van der Waals surface area contributed by atoms with Crippen molar-refractivity contribution < 1.29 is 13.9 Å². The second kappa shape index (κ2) is 4.46. The van der Waals surface area contributed by atoms with Crippen molar-refractivity contribution in [2.24, 2.45) is 5.92 Å². The van der Waals surface area contributed by atoms with Crippen LogP contribution in [0.1, 0.15) is 25.5 Å². The predicted octanol–water partition coefficient (Wildman–Crippen LogP) is 2.09. The van der Waals surface area contributed by atoms with Gasteiger partial charge in [0, 0.05) is 12.0 Å². The largest absolute Gasteiger partial charge is 0.396 e. The predicted molar refractivity (Wildman–Crippen MR) is 48.8 cm³/mol. The fourth-order valence-electron chi connectivity index (χ4n) is 1.31. The van der Waals surface area contributed by atoms with Crippen LogP contribution in [0.3, 0.4) is 0 Å². The van der Waals surface area contributed by atoms with E-state index in [0.29, 0.717) is 0 Å². The molecule has 1 unspecified atom stereocenters. The zero-order valence-electron chi connectivity index (χ0n) is 8.17. The average molecular weight is 201 g/mol. The maximum atomic E-state index is 13.2. The number of rotatable bonds is 3. The van der Waals surface area contributed by atoms with Crippen LogP contribution in [0, 0.1) is 17.6 Å². The van der Waals surface area contributed by atoms with E-state index in [0.717, 1.165) is 12.3 Å². The Bertz CT molecular complexity index is 315. The summed E-state index contributed by atoms with van der Waals surface area (Å²) >= 11 is 0. The van der Waals surface area contributed by atoms with Gasteiger partial charge in [0.05, 0.1) is 18.5 Å². The van der Waals surface area contributed by atoms with Crippen LogP contribution in [-0.2, 0) is 0 Å². The molecule has 78 valence electrons. The highest BCUT2D eigenvalue weighted by molar-refractivity contribution is 5.14. The first kappa shape index (κ1) is 11.0. The van der Waals surface area contributed by atoms with E-state index in [-0.39, 0.29) is 24.1 Å². The van der Waals surface area contributed by atoms with E-state index in [9.17, 15) is 8.78 Å². The van der Waals surface area contributed by atoms with Crippen molar-refractivity contribution in [3.8, 4) is 0 Å². The van der Waals surface area contributed by atoms with Crippen molar-refractivity contribution in [1.29, 1.82) is 0 Å². The van der Waals surface area contributed by atoms with Crippen LogP contribution in [0.2, 0.25) is 0 Å². The van der Waals surface area contributed by atoms with E-state index in [2.05, 4.69) is 4.98 Å². The Labute approximate surface area is 81.6 Å². The van der Waals surface area contributed by atoms with Crippen molar-refractivity contribution >= 4 is 0 Å². The van der Waals surface area contributed by atoms with Gasteiger partial charge >= 0.3 is 0 Å². The summed E-state index contributed by atoms with van der Waals surface area (Å²) in [4.78, 5) is 3.66. The van der Waals surface area contributed by atoms with Gasteiger partial charge in [0.15, 0.2) is 0 Å². The summed E-state index contributed by atoms with van der Waals surface area (Å²) in [6, 6.07) is 0.785. The van der Waals surface area contributed by atoms with Crippen LogP contribution < -0.4 is 0 Å². The zero-order valence-corrected chi connectivity index (χ0v) is 8.17. The number of pyridine rings is 1. The molecule has 14 heavy (non-hydrogen) atoms. The molecule has 0 saturated heterocycles. The Hall–Kier alpha value is -1.03. The van der Waals surface area contributed by atoms with Gasteiger partial charge in [0.25, 0.3) is 0 Å². The summed E-state index contributed by atoms with van der Waals surface area (Å²) in [5.41, 5.74) is 0.129. The smallest absolute Gasteiger partial charge is 0.147 e. The van der Waals surface area contributed by atoms with Gasteiger partial charge in [-0.15, -0.1) is 0 Å². The number of hydrogen-bond acceptors (Lipinski definition) is 2. The minimum absolute atomic E-state index is 0.0625. The molecule has 1 atom stereocenters. The van der Waals surface area contributed by atoms with E-state index < -0.39 is 11.6 Å². The third-order valence-corrected chi connectivity index (χ3v) is 2.19. The van der Waals surface area contributed by atoms with E-state index >= 15 is 0 Å². The zero-order chi connectivity index (χ0) is 10.7. The molecule has 1 aromatic rings. The lowest BCUT2D eigenvalue weighted by atomic mass is 9.92. The Kier molecular flexibility index (Phi) is 3.52. The van der Waals surface area contributed by atoms with Crippen molar-refractivity contribution in [2.45, 2.75) is 19.8 Å². The molecule has 1 heterocycles. The van der Waals surface area contributed by atoms with Crippen LogP contribution in [0.4, 0.5) is 8.78 Å². The molecule has 0 saturated carbocycles. The van der Waals surface area contributed by atoms with Gasteiger partial charge in [-0.3, -0.25) is 4.98 Å². The number of aromatic nitrogens is 1. The fraction of sp³-hybridized carbons (Fsp3) is 0.500. The first-order valence-electron chi connectivity index (χ1n) is 4.48. The molecular weight excluding hydrogens is 188 g/mol. The second-order valence-corrected chi connectivity index (χ2v) is 3.55. The van der Waals surface area contributed by atoms with Crippen molar-refractivity contribution in [1.82, 2.24) is 4.98 Å². The molecule has 0 fully saturated rings. The van der Waals surface area contributed by atoms with Gasteiger partial charge in [-0.25, -0.2) is 8.78 Å². The van der Waals surface area contributed by atoms with Gasteiger partial charge in [-0.2, -0.15) is 0 Å². The van der Waals surface area contributed by atoms with Gasteiger partial charge < -0.3 is 5.11 Å². The SMILES string of the molecule is CC(C)C(CO)c1ncc(F)cc1F. The summed E-state index contributed by atoms with van der Waals surface area (Å²) in [6.07, 6.45) is 0.962. The summed E-state index contributed by atoms with van der Waals surface area (Å²) in [6.45, 7) is 3.52. The first-order chi connectivity index (χ1) is 6.56. The third kappa shape index (κ3) is 2.26. The lowest BCUT2D eigenvalue weighted by molar-refractivity contribution is 0.231. The van der Waals surface area contributed by atoms with E-state index in [1.165, 1.54) is 0 Å². The van der Waals surface area contributed by atoms with Crippen molar-refractivity contribution in [3.63, 3.8) is 0 Å². The maximum Gasteiger partial charge on any atom is 0.147 e. The molecular formula is C10H13F2NO. The Morgan fingerprint density at radius 2 is 2.07 bits per heavy atom. The lowest BCUT2D eigenvalue weighted by Gasteiger charge is -2.17. The summed E-state index contributed by atoms with van der Waals surface area (Å²) in [5, 5.41) is 9.04. The van der Waals surface area contributed by atoms with Crippen molar-refractivity contribution in [2.75, 3.05) is 6.61 Å². The van der Waals surface area contributed by atoms with Crippen LogP contribution in [0.25, 0.3) is 0 Å². The summed E-state index contributed by atoms with van der Waals surface area (Å²) in [5.74, 6) is -1.72. The Morgan fingerprint density at radius 1 is 1.43 bits per heavy atom. The summed E-state index contributed by atoms with van der Waals surface area (Å²) in [7, 11) is 0. The molecule has 0 aliphatic carbocycles. The standard InChI is InChI=1S/C10H13F2NO/c1-6(2)8(5-14)10-9(12)3-7(11)4-13-10/h3-4,6,8,14H,5H2,1-2H3. The minimum Gasteiger partial charge on any atom is -0.396 e. The minimum atomic E-state index is -0.702. The molecule has 1 aromatic heterocycles. The van der Waals surface area contributed by atoms with Crippen molar-refractivity contribution in [3.05, 3.63) is 29.6 Å². The molecule has 2 nitrogen and oxygen atoms in total. The van der Waals surface area contributed by atoms with E-state index in [1.54, 1.807) is 0 Å². The van der Waals surface area contributed by atoms with Gasteiger partial charge in [-0.05, 0) is 5.92 Å². The average Bonchev–Trinajstić information content (AvgIpc) is 2.09. The van der Waals surface area contributed by atoms with Crippen LogP contribution in [0.15, 0.2) is 12.3 Å². The number of aliphatic hydroxyl groups is 1. The monoisotopic (exact) mass is 201 g/mol. The topological polar surface area (TPSA) is 33.1 Å². The maximum absolute atomic E-state index is 13.2. The Morgan fingerprint density at radius 3 is 2.50 bits per heavy atom. The number of nitrogens with zero attached hydrogens (tertiary/aromatic N) is 1. The summed E-state index contributed by atoms with van der Waals surface area (Å²) < 4.78 is 25.8. The van der Waals surface area contributed by atoms with Gasteiger partial charge in [0.2, 0.25) is 0 Å². The highest BCUT2D eigenvalue weighted by Crippen LogP contribution is 2.24. The van der Waals surface area contributed by atoms with Crippen LogP contribution >= 0.6 is 0 Å². The highest BCUT2D eigenvalue weighted by atomic mass is 19.1. The molecule has 0 aliphatic rings. The molecule has 0 aromatic carbocycles. The molecule has 0 aliphatic heterocycles. The molecule has 1 N–H and O–H groups in total. The Balaban J connectivity index is 3.04. The normalized spacial score (nSPS) is 13.3. The molecule has 0 spiro atoms. The molecule has 0 radical (unpaired) electrons. The molecule has 0 amide bonds. The lowest BCUT2D eigenvalue weighted by Crippen LogP contribution is -2.15. The third-order valence-electron chi connectivity index (χ3n) is 2.19. The fourth-order valence-corrected chi connectivity index (χ4v) is 1.31. The molecule has 4 heteroatoms. The second-order valence-electron chi connectivity index (χ2n) is 3.55. The highest BCUT2D eigenvalue weighted by Gasteiger charge is 2.20. The van der Waals surface area contributed by atoms with Gasteiger partial charge in [-0.1, -0.05) is 13.8 Å². The molecule has 0 bridgehead atoms. The van der Waals surface area contributed by atoms with E-state index in [1.807, 2.05) is 13.8 Å². The van der Waals surface area contributed by atoms with E-state index in [4.69, 9.17) is 5.11 Å².